The van der Waals surface area contributed by atoms with E-state index in [1.165, 1.54) is 57.8 Å². The van der Waals surface area contributed by atoms with Crippen molar-refractivity contribution < 1.29 is 4.79 Å². The number of halogens is 1. The monoisotopic (exact) mass is 409 g/mol. The van der Waals surface area contributed by atoms with Crippen LogP contribution >= 0.6 is 15.9 Å². The molecule has 1 amide bonds. The first-order valence-electron chi connectivity index (χ1n) is 10.2. The van der Waals surface area contributed by atoms with E-state index in [4.69, 9.17) is 0 Å². The summed E-state index contributed by atoms with van der Waals surface area (Å²) in [5, 5.41) is 0. The summed E-state index contributed by atoms with van der Waals surface area (Å²) in [5.41, 5.74) is 0.808. The van der Waals surface area contributed by atoms with Crippen LogP contribution in [-0.4, -0.2) is 23.9 Å². The number of unbranched alkanes of at least 4 members (excludes halogenated alkanes) is 9. The minimum absolute atomic E-state index is 0.191. The van der Waals surface area contributed by atoms with Gasteiger partial charge in [0.2, 0.25) is 0 Å². The van der Waals surface area contributed by atoms with Gasteiger partial charge in [0, 0.05) is 23.1 Å². The number of benzene rings is 1. The summed E-state index contributed by atoms with van der Waals surface area (Å²) in [6, 6.07) is 7.77. The van der Waals surface area contributed by atoms with Gasteiger partial charge in [-0.05, 0) is 37.1 Å². The van der Waals surface area contributed by atoms with Gasteiger partial charge in [0.25, 0.3) is 5.91 Å². The van der Waals surface area contributed by atoms with Crippen molar-refractivity contribution in [2.45, 2.75) is 84.5 Å². The van der Waals surface area contributed by atoms with Gasteiger partial charge >= 0.3 is 0 Å². The van der Waals surface area contributed by atoms with Crippen LogP contribution in [0.25, 0.3) is 0 Å². The number of hydrogen-bond donors (Lipinski definition) is 0. The van der Waals surface area contributed by atoms with Crippen LogP contribution in [0.3, 0.4) is 0 Å². The first-order chi connectivity index (χ1) is 12.2. The van der Waals surface area contributed by atoms with Crippen molar-refractivity contribution in [3.05, 3.63) is 34.3 Å². The highest BCUT2D eigenvalue weighted by Crippen LogP contribution is 2.14. The zero-order chi connectivity index (χ0) is 18.3. The molecule has 3 heteroatoms. The van der Waals surface area contributed by atoms with E-state index in [0.717, 1.165) is 36.0 Å². The van der Waals surface area contributed by atoms with Gasteiger partial charge < -0.3 is 4.90 Å². The molecule has 142 valence electrons. The highest BCUT2D eigenvalue weighted by Gasteiger charge is 2.15. The van der Waals surface area contributed by atoms with Crippen LogP contribution in [0.15, 0.2) is 28.7 Å². The van der Waals surface area contributed by atoms with Crippen molar-refractivity contribution in [3.63, 3.8) is 0 Å². The van der Waals surface area contributed by atoms with Crippen LogP contribution in [-0.2, 0) is 0 Å². The maximum absolute atomic E-state index is 12.9. The highest BCUT2D eigenvalue weighted by molar-refractivity contribution is 9.10. The van der Waals surface area contributed by atoms with Gasteiger partial charge in [-0.3, -0.25) is 4.79 Å². The molecule has 0 aliphatic rings. The lowest BCUT2D eigenvalue weighted by Crippen LogP contribution is -2.33. The molecule has 0 aliphatic carbocycles. The summed E-state index contributed by atoms with van der Waals surface area (Å²) in [5.74, 6) is 0.191. The second-order valence-corrected chi connectivity index (χ2v) is 7.90. The zero-order valence-corrected chi connectivity index (χ0v) is 17.8. The molecule has 0 spiro atoms. The predicted octanol–water partition coefficient (Wildman–Crippen LogP) is 7.22. The SMILES string of the molecule is CCCCCCCCN(CCCCCCC)C(=O)c1ccc(Br)cc1. The Morgan fingerprint density at radius 3 is 1.68 bits per heavy atom. The normalized spacial score (nSPS) is 10.8. The molecule has 2 nitrogen and oxygen atoms in total. The summed E-state index contributed by atoms with van der Waals surface area (Å²) in [6.07, 6.45) is 13.8. The van der Waals surface area contributed by atoms with Gasteiger partial charge in [-0.15, -0.1) is 0 Å². The standard InChI is InChI=1S/C22H36BrNO/c1-3-5-7-9-11-13-19-24(18-12-10-8-6-4-2)22(25)20-14-16-21(23)17-15-20/h14-17H,3-13,18-19H2,1-2H3. The van der Waals surface area contributed by atoms with Gasteiger partial charge in [-0.25, -0.2) is 0 Å². The molecule has 0 saturated carbocycles. The number of rotatable bonds is 14. The van der Waals surface area contributed by atoms with Crippen LogP contribution in [0, 0.1) is 0 Å². The maximum atomic E-state index is 12.9. The molecule has 1 aromatic carbocycles. The van der Waals surface area contributed by atoms with Gasteiger partial charge in [0.15, 0.2) is 0 Å². The van der Waals surface area contributed by atoms with Crippen molar-refractivity contribution in [2.75, 3.05) is 13.1 Å². The molecule has 0 aromatic heterocycles. The van der Waals surface area contributed by atoms with Crippen LogP contribution in [0.5, 0.6) is 0 Å². The molecular formula is C22H36BrNO. The molecule has 0 aliphatic heterocycles. The largest absolute Gasteiger partial charge is 0.339 e. The minimum Gasteiger partial charge on any atom is -0.339 e. The topological polar surface area (TPSA) is 20.3 Å². The summed E-state index contributed by atoms with van der Waals surface area (Å²) in [4.78, 5) is 14.9. The smallest absolute Gasteiger partial charge is 0.253 e. The van der Waals surface area contributed by atoms with E-state index < -0.39 is 0 Å². The van der Waals surface area contributed by atoms with E-state index >= 15 is 0 Å². The van der Waals surface area contributed by atoms with Gasteiger partial charge in [0.1, 0.15) is 0 Å². The van der Waals surface area contributed by atoms with Gasteiger partial charge in [0.05, 0.1) is 0 Å². The molecular weight excluding hydrogens is 374 g/mol. The van der Waals surface area contributed by atoms with E-state index in [1.807, 2.05) is 24.3 Å². The first-order valence-corrected chi connectivity index (χ1v) is 11.0. The van der Waals surface area contributed by atoms with Crippen molar-refractivity contribution in [1.82, 2.24) is 4.90 Å². The van der Waals surface area contributed by atoms with Crippen molar-refractivity contribution >= 4 is 21.8 Å². The highest BCUT2D eigenvalue weighted by atomic mass is 79.9. The molecule has 0 atom stereocenters. The Morgan fingerprint density at radius 2 is 1.20 bits per heavy atom. The lowest BCUT2D eigenvalue weighted by atomic mass is 10.1. The Labute approximate surface area is 163 Å². The number of nitrogens with zero attached hydrogens (tertiary/aromatic N) is 1. The van der Waals surface area contributed by atoms with E-state index in [2.05, 4.69) is 34.7 Å². The van der Waals surface area contributed by atoms with Crippen molar-refractivity contribution in [1.29, 1.82) is 0 Å². The number of carbonyl (C=O) groups excluding carboxylic acids is 1. The van der Waals surface area contributed by atoms with Crippen molar-refractivity contribution in [3.8, 4) is 0 Å². The second kappa shape index (κ2) is 14.4. The lowest BCUT2D eigenvalue weighted by Gasteiger charge is -2.23. The molecule has 0 N–H and O–H groups in total. The molecule has 0 saturated heterocycles. The average molecular weight is 410 g/mol. The Morgan fingerprint density at radius 1 is 0.760 bits per heavy atom. The van der Waals surface area contributed by atoms with Crippen molar-refractivity contribution in [2.24, 2.45) is 0 Å². The summed E-state index contributed by atoms with van der Waals surface area (Å²) in [6.45, 7) is 6.28. The number of amides is 1. The van der Waals surface area contributed by atoms with Gasteiger partial charge in [-0.2, -0.15) is 0 Å². The molecule has 1 rings (SSSR count). The molecule has 25 heavy (non-hydrogen) atoms. The Bertz CT molecular complexity index is 458. The molecule has 0 fully saturated rings. The zero-order valence-electron chi connectivity index (χ0n) is 16.2. The Kier molecular flexibility index (Phi) is 12.8. The third-order valence-corrected chi connectivity index (χ3v) is 5.22. The summed E-state index contributed by atoms with van der Waals surface area (Å²) < 4.78 is 1.02. The summed E-state index contributed by atoms with van der Waals surface area (Å²) in [7, 11) is 0. The Hall–Kier alpha value is -0.830. The van der Waals surface area contributed by atoms with E-state index in [9.17, 15) is 4.79 Å². The van der Waals surface area contributed by atoms with Gasteiger partial charge in [-0.1, -0.05) is 87.6 Å². The number of hydrogen-bond acceptors (Lipinski definition) is 1. The molecule has 1 aromatic rings. The fraction of sp³-hybridized carbons (Fsp3) is 0.682. The minimum atomic E-state index is 0.191. The second-order valence-electron chi connectivity index (χ2n) is 6.98. The fourth-order valence-corrected chi connectivity index (χ4v) is 3.34. The Balaban J connectivity index is 2.48. The average Bonchev–Trinajstić information content (AvgIpc) is 2.62. The van der Waals surface area contributed by atoms with E-state index in [1.54, 1.807) is 0 Å². The number of carbonyl (C=O) groups is 1. The van der Waals surface area contributed by atoms with E-state index in [0.29, 0.717) is 0 Å². The third kappa shape index (κ3) is 10.0. The van der Waals surface area contributed by atoms with Crippen LogP contribution in [0.4, 0.5) is 0 Å². The lowest BCUT2D eigenvalue weighted by molar-refractivity contribution is 0.0749. The molecule has 0 radical (unpaired) electrons. The van der Waals surface area contributed by atoms with E-state index in [-0.39, 0.29) is 5.91 Å². The van der Waals surface area contributed by atoms with Crippen LogP contribution in [0.2, 0.25) is 0 Å². The van der Waals surface area contributed by atoms with Crippen LogP contribution in [0.1, 0.15) is 94.8 Å². The predicted molar refractivity (Wildman–Crippen MR) is 112 cm³/mol. The third-order valence-electron chi connectivity index (χ3n) is 4.69. The molecule has 0 bridgehead atoms. The maximum Gasteiger partial charge on any atom is 0.253 e. The molecule has 0 heterocycles. The fourth-order valence-electron chi connectivity index (χ4n) is 3.08. The van der Waals surface area contributed by atoms with Crippen LogP contribution < -0.4 is 0 Å². The first kappa shape index (κ1) is 22.2. The quantitative estimate of drug-likeness (QED) is 0.297. The summed E-state index contributed by atoms with van der Waals surface area (Å²) >= 11 is 3.44. The molecule has 0 unspecified atom stereocenters.